The van der Waals surface area contributed by atoms with Gasteiger partial charge in [0.15, 0.2) is 0 Å². The van der Waals surface area contributed by atoms with E-state index in [4.69, 9.17) is 0 Å². The number of hydrogen-bond acceptors (Lipinski definition) is 1. The molecule has 0 aliphatic carbocycles. The zero-order valence-electron chi connectivity index (χ0n) is 10.7. The molecular formula is C15H17O3P. The molecule has 0 atom stereocenters. The largest absolute Gasteiger partial charge is 0.340 e. The fourth-order valence-electron chi connectivity index (χ4n) is 2.54. The Hall–Kier alpha value is -1.41. The van der Waals surface area contributed by atoms with Crippen molar-refractivity contribution in [3.8, 4) is 0 Å². The summed E-state index contributed by atoms with van der Waals surface area (Å²) in [6.07, 6.45) is 0.339. The van der Waals surface area contributed by atoms with Gasteiger partial charge in [0, 0.05) is 0 Å². The van der Waals surface area contributed by atoms with Gasteiger partial charge in [-0.25, -0.2) is 0 Å². The fraction of sp³-hybridized carbons (Fsp3) is 0.200. The minimum absolute atomic E-state index is 0.339. The molecule has 0 aliphatic rings. The van der Waals surface area contributed by atoms with Crippen molar-refractivity contribution in [3.05, 3.63) is 71.8 Å². The Bertz CT molecular complexity index is 535. The summed E-state index contributed by atoms with van der Waals surface area (Å²) in [6, 6.07) is 18.0. The Morgan fingerprint density at radius 1 is 0.895 bits per heavy atom. The van der Waals surface area contributed by atoms with Gasteiger partial charge in [-0.15, -0.1) is 0 Å². The van der Waals surface area contributed by atoms with Gasteiger partial charge < -0.3 is 9.79 Å². The third kappa shape index (κ3) is 2.37. The molecule has 4 heteroatoms. The molecule has 2 rings (SSSR count). The smallest absolute Gasteiger partial charge is 0.324 e. The lowest BCUT2D eigenvalue weighted by atomic mass is 9.88. The molecule has 0 saturated heterocycles. The lowest BCUT2D eigenvalue weighted by molar-refractivity contribution is 0.335. The second kappa shape index (κ2) is 5.30. The van der Waals surface area contributed by atoms with E-state index in [1.807, 2.05) is 12.1 Å². The van der Waals surface area contributed by atoms with Gasteiger partial charge >= 0.3 is 7.60 Å². The topological polar surface area (TPSA) is 57.5 Å². The highest BCUT2D eigenvalue weighted by molar-refractivity contribution is 7.53. The van der Waals surface area contributed by atoms with Gasteiger partial charge in [-0.1, -0.05) is 67.6 Å². The van der Waals surface area contributed by atoms with Gasteiger partial charge in [0.05, 0.1) is 0 Å². The van der Waals surface area contributed by atoms with E-state index < -0.39 is 12.8 Å². The number of hydrogen-bond donors (Lipinski definition) is 2. The van der Waals surface area contributed by atoms with Crippen LogP contribution in [0.1, 0.15) is 24.5 Å². The van der Waals surface area contributed by atoms with Crippen LogP contribution in [0.3, 0.4) is 0 Å². The fourth-order valence-corrected chi connectivity index (χ4v) is 3.93. The summed E-state index contributed by atoms with van der Waals surface area (Å²) in [5, 5.41) is -1.27. The van der Waals surface area contributed by atoms with Crippen molar-refractivity contribution < 1.29 is 14.4 Å². The predicted octanol–water partition coefficient (Wildman–Crippen LogP) is 3.52. The minimum Gasteiger partial charge on any atom is -0.324 e. The van der Waals surface area contributed by atoms with Gasteiger partial charge in [-0.05, 0) is 17.5 Å². The van der Waals surface area contributed by atoms with E-state index in [1.165, 1.54) is 0 Å². The zero-order chi connectivity index (χ0) is 13.9. The van der Waals surface area contributed by atoms with Crippen LogP contribution in [-0.4, -0.2) is 9.79 Å². The molecule has 2 aromatic carbocycles. The van der Waals surface area contributed by atoms with E-state index in [0.29, 0.717) is 17.5 Å². The molecule has 3 nitrogen and oxygen atoms in total. The Morgan fingerprint density at radius 2 is 1.26 bits per heavy atom. The van der Waals surface area contributed by atoms with Crippen LogP contribution in [0.2, 0.25) is 0 Å². The van der Waals surface area contributed by atoms with Crippen LogP contribution in [0.25, 0.3) is 0 Å². The van der Waals surface area contributed by atoms with Gasteiger partial charge in [0.2, 0.25) is 0 Å². The van der Waals surface area contributed by atoms with Crippen molar-refractivity contribution in [2.75, 3.05) is 0 Å². The molecular weight excluding hydrogens is 259 g/mol. The molecule has 0 heterocycles. The molecule has 0 spiro atoms. The standard InChI is InChI=1S/C15H17O3P/c1-2-15(19(16,17)18,13-9-5-3-6-10-13)14-11-7-4-8-12-14/h3-12H,2H2,1H3,(H2,16,17,18). The van der Waals surface area contributed by atoms with E-state index in [0.717, 1.165) is 0 Å². The average molecular weight is 276 g/mol. The maximum atomic E-state index is 12.2. The lowest BCUT2D eigenvalue weighted by Gasteiger charge is -2.34. The van der Waals surface area contributed by atoms with Gasteiger partial charge in [0.1, 0.15) is 5.16 Å². The second-order valence-electron chi connectivity index (χ2n) is 4.49. The summed E-state index contributed by atoms with van der Waals surface area (Å²) < 4.78 is 12.2. The van der Waals surface area contributed by atoms with E-state index in [2.05, 4.69) is 0 Å². The van der Waals surface area contributed by atoms with Crippen molar-refractivity contribution >= 4 is 7.60 Å². The van der Waals surface area contributed by atoms with Crippen LogP contribution in [0.4, 0.5) is 0 Å². The molecule has 2 N–H and O–H groups in total. The lowest BCUT2D eigenvalue weighted by Crippen LogP contribution is -2.26. The summed E-state index contributed by atoms with van der Waals surface area (Å²) in [5.74, 6) is 0. The Morgan fingerprint density at radius 3 is 1.53 bits per heavy atom. The molecule has 0 amide bonds. The van der Waals surface area contributed by atoms with E-state index in [1.54, 1.807) is 55.5 Å². The highest BCUT2D eigenvalue weighted by atomic mass is 31.2. The van der Waals surface area contributed by atoms with E-state index >= 15 is 0 Å². The third-order valence-corrected chi connectivity index (χ3v) is 5.34. The molecule has 0 aromatic heterocycles. The molecule has 0 unspecified atom stereocenters. The Labute approximate surface area is 113 Å². The third-order valence-electron chi connectivity index (χ3n) is 3.51. The Balaban J connectivity index is 2.74. The van der Waals surface area contributed by atoms with Crippen molar-refractivity contribution in [1.29, 1.82) is 0 Å². The predicted molar refractivity (Wildman–Crippen MR) is 76.0 cm³/mol. The molecule has 0 bridgehead atoms. The van der Waals surface area contributed by atoms with E-state index in [9.17, 15) is 14.4 Å². The molecule has 0 radical (unpaired) electrons. The quantitative estimate of drug-likeness (QED) is 0.840. The second-order valence-corrected chi connectivity index (χ2v) is 6.34. The number of benzene rings is 2. The first-order valence-electron chi connectivity index (χ1n) is 6.19. The van der Waals surface area contributed by atoms with Crippen molar-refractivity contribution in [3.63, 3.8) is 0 Å². The van der Waals surface area contributed by atoms with Crippen molar-refractivity contribution in [2.24, 2.45) is 0 Å². The van der Waals surface area contributed by atoms with Crippen molar-refractivity contribution in [1.82, 2.24) is 0 Å². The normalized spacial score (nSPS) is 12.4. The van der Waals surface area contributed by atoms with Crippen LogP contribution in [-0.2, 0) is 9.72 Å². The monoisotopic (exact) mass is 276 g/mol. The van der Waals surface area contributed by atoms with Crippen LogP contribution in [0.5, 0.6) is 0 Å². The molecule has 19 heavy (non-hydrogen) atoms. The van der Waals surface area contributed by atoms with Gasteiger partial charge in [-0.2, -0.15) is 0 Å². The molecule has 0 fully saturated rings. The SMILES string of the molecule is CCC(c1ccccc1)(c1ccccc1)P(=O)(O)O. The summed E-state index contributed by atoms with van der Waals surface area (Å²) in [4.78, 5) is 19.9. The molecule has 0 saturated carbocycles. The zero-order valence-corrected chi connectivity index (χ0v) is 11.6. The van der Waals surface area contributed by atoms with Crippen LogP contribution in [0, 0.1) is 0 Å². The highest BCUT2D eigenvalue weighted by Gasteiger charge is 2.48. The molecule has 2 aromatic rings. The highest BCUT2D eigenvalue weighted by Crippen LogP contribution is 2.62. The maximum absolute atomic E-state index is 12.2. The molecule has 100 valence electrons. The van der Waals surface area contributed by atoms with Gasteiger partial charge in [-0.3, -0.25) is 4.57 Å². The summed E-state index contributed by atoms with van der Waals surface area (Å²) in [5.41, 5.74) is 1.30. The number of rotatable bonds is 4. The first kappa shape index (κ1) is 14.0. The van der Waals surface area contributed by atoms with Crippen molar-refractivity contribution in [2.45, 2.75) is 18.5 Å². The molecule has 0 aliphatic heterocycles. The summed E-state index contributed by atoms with van der Waals surface area (Å²) >= 11 is 0. The van der Waals surface area contributed by atoms with Crippen LogP contribution < -0.4 is 0 Å². The van der Waals surface area contributed by atoms with E-state index in [-0.39, 0.29) is 0 Å². The summed E-state index contributed by atoms with van der Waals surface area (Å²) in [7, 11) is -4.35. The average Bonchev–Trinajstić information content (AvgIpc) is 2.41. The van der Waals surface area contributed by atoms with Crippen LogP contribution >= 0.6 is 7.60 Å². The van der Waals surface area contributed by atoms with Crippen LogP contribution in [0.15, 0.2) is 60.7 Å². The maximum Gasteiger partial charge on any atom is 0.340 e. The summed E-state index contributed by atoms with van der Waals surface area (Å²) in [6.45, 7) is 1.80. The first-order valence-corrected chi connectivity index (χ1v) is 7.80. The first-order chi connectivity index (χ1) is 9.02. The minimum atomic E-state index is -4.35. The Kier molecular flexibility index (Phi) is 3.91. The van der Waals surface area contributed by atoms with Gasteiger partial charge in [0.25, 0.3) is 0 Å².